The summed E-state index contributed by atoms with van der Waals surface area (Å²) in [5, 5.41) is 5.15. The zero-order chi connectivity index (χ0) is 22.5. The van der Waals surface area contributed by atoms with Crippen molar-refractivity contribution in [3.05, 3.63) is 85.8 Å². The Bertz CT molecular complexity index is 1190. The van der Waals surface area contributed by atoms with Crippen molar-refractivity contribution in [3.63, 3.8) is 0 Å². The van der Waals surface area contributed by atoms with Gasteiger partial charge in [0, 0.05) is 15.6 Å². The van der Waals surface area contributed by atoms with Crippen molar-refractivity contribution < 1.29 is 19.0 Å². The van der Waals surface area contributed by atoms with E-state index in [0.29, 0.717) is 33.9 Å². The number of hydrogen-bond donors (Lipinski definition) is 1. The fourth-order valence-electron chi connectivity index (χ4n) is 2.96. The molecule has 1 N–H and O–H groups in total. The van der Waals surface area contributed by atoms with Gasteiger partial charge in [0.05, 0.1) is 17.1 Å². The Morgan fingerprint density at radius 1 is 1.09 bits per heavy atom. The maximum absolute atomic E-state index is 12.1. The first-order valence-corrected chi connectivity index (χ1v) is 11.1. The Morgan fingerprint density at radius 2 is 1.94 bits per heavy atom. The lowest BCUT2D eigenvalue weighted by Crippen LogP contribution is -2.19. The van der Waals surface area contributed by atoms with Gasteiger partial charge in [-0.25, -0.2) is 5.43 Å². The van der Waals surface area contributed by atoms with Crippen LogP contribution in [0.2, 0.25) is 10.0 Å². The number of nitrogens with one attached hydrogen (secondary N) is 1. The maximum Gasteiger partial charge on any atom is 0.244 e. The summed E-state index contributed by atoms with van der Waals surface area (Å²) in [5.41, 5.74) is 4.96. The second-order valence-electron chi connectivity index (χ2n) is 6.87. The standard InChI is InChI=1S/C23H17BrCl2N2O4/c24-18-7-15(2-5-20(18)30-12-16-3-4-17(25)10-19(16)26)11-27-28-23(29)9-14-1-6-21-22(8-14)32-13-31-21/h1-8,10-11H,9,12-13H2,(H,28,29)/b27-11+. The molecule has 32 heavy (non-hydrogen) atoms. The Hall–Kier alpha value is -2.74. The molecule has 4 rings (SSSR count). The summed E-state index contributed by atoms with van der Waals surface area (Å²) >= 11 is 15.6. The molecule has 0 aromatic heterocycles. The minimum absolute atomic E-state index is 0.178. The third-order valence-corrected chi connectivity index (χ3v) is 5.77. The minimum Gasteiger partial charge on any atom is -0.488 e. The molecule has 6 nitrogen and oxygen atoms in total. The Morgan fingerprint density at radius 3 is 2.75 bits per heavy atom. The summed E-state index contributed by atoms with van der Waals surface area (Å²) < 4.78 is 17.2. The summed E-state index contributed by atoms with van der Waals surface area (Å²) in [6, 6.07) is 16.1. The van der Waals surface area contributed by atoms with Crippen LogP contribution in [0.4, 0.5) is 0 Å². The molecule has 0 saturated heterocycles. The van der Waals surface area contributed by atoms with Gasteiger partial charge in [-0.05, 0) is 69.5 Å². The van der Waals surface area contributed by atoms with Crippen molar-refractivity contribution >= 4 is 51.3 Å². The van der Waals surface area contributed by atoms with Crippen LogP contribution in [0.25, 0.3) is 0 Å². The first-order valence-electron chi connectivity index (χ1n) is 9.54. The number of hydrogen-bond acceptors (Lipinski definition) is 5. The van der Waals surface area contributed by atoms with Crippen LogP contribution in [-0.4, -0.2) is 18.9 Å². The first kappa shape index (κ1) is 22.5. The van der Waals surface area contributed by atoms with Crippen LogP contribution in [0.1, 0.15) is 16.7 Å². The topological polar surface area (TPSA) is 69.2 Å². The molecular formula is C23H17BrCl2N2O4. The smallest absolute Gasteiger partial charge is 0.244 e. The Balaban J connectivity index is 1.30. The molecule has 1 aliphatic rings. The monoisotopic (exact) mass is 534 g/mol. The lowest BCUT2D eigenvalue weighted by atomic mass is 10.1. The lowest BCUT2D eigenvalue weighted by Gasteiger charge is -2.10. The number of fused-ring (bicyclic) bond motifs is 1. The van der Waals surface area contributed by atoms with Crippen LogP contribution in [0.5, 0.6) is 17.2 Å². The van der Waals surface area contributed by atoms with E-state index in [2.05, 4.69) is 26.5 Å². The number of amides is 1. The molecule has 0 fully saturated rings. The van der Waals surface area contributed by atoms with Crippen LogP contribution in [-0.2, 0) is 17.8 Å². The normalized spacial score (nSPS) is 12.2. The molecule has 1 amide bonds. The van der Waals surface area contributed by atoms with Crippen LogP contribution in [0.15, 0.2) is 64.2 Å². The molecule has 0 unspecified atom stereocenters. The van der Waals surface area contributed by atoms with Gasteiger partial charge in [-0.15, -0.1) is 0 Å². The fraction of sp³-hybridized carbons (Fsp3) is 0.130. The van der Waals surface area contributed by atoms with Crippen molar-refractivity contribution in [2.24, 2.45) is 5.10 Å². The quantitative estimate of drug-likeness (QED) is 0.308. The average molecular weight is 536 g/mol. The van der Waals surface area contributed by atoms with E-state index < -0.39 is 0 Å². The van der Waals surface area contributed by atoms with Gasteiger partial charge in [0.2, 0.25) is 12.7 Å². The highest BCUT2D eigenvalue weighted by molar-refractivity contribution is 9.10. The molecule has 0 bridgehead atoms. The van der Waals surface area contributed by atoms with Gasteiger partial charge in [0.25, 0.3) is 0 Å². The summed E-state index contributed by atoms with van der Waals surface area (Å²) in [7, 11) is 0. The maximum atomic E-state index is 12.1. The largest absolute Gasteiger partial charge is 0.488 e. The molecule has 0 spiro atoms. The zero-order valence-electron chi connectivity index (χ0n) is 16.6. The predicted octanol–water partition coefficient (Wildman–Crippen LogP) is 5.76. The number of rotatable bonds is 7. The Kier molecular flexibility index (Phi) is 7.19. The summed E-state index contributed by atoms with van der Waals surface area (Å²) in [4.78, 5) is 12.1. The van der Waals surface area contributed by atoms with E-state index in [0.717, 1.165) is 21.2 Å². The van der Waals surface area contributed by atoms with Gasteiger partial charge in [-0.1, -0.05) is 35.3 Å². The lowest BCUT2D eigenvalue weighted by molar-refractivity contribution is -0.120. The molecule has 0 radical (unpaired) electrons. The molecule has 9 heteroatoms. The van der Waals surface area contributed by atoms with E-state index in [1.54, 1.807) is 30.5 Å². The summed E-state index contributed by atoms with van der Waals surface area (Å²) in [6.07, 6.45) is 1.74. The van der Waals surface area contributed by atoms with E-state index in [1.807, 2.05) is 30.3 Å². The van der Waals surface area contributed by atoms with Crippen molar-refractivity contribution in [3.8, 4) is 17.2 Å². The number of halogens is 3. The van der Waals surface area contributed by atoms with Crippen molar-refractivity contribution in [2.45, 2.75) is 13.0 Å². The number of benzene rings is 3. The number of hydrazone groups is 1. The van der Waals surface area contributed by atoms with Crippen molar-refractivity contribution in [1.82, 2.24) is 5.43 Å². The third kappa shape index (κ3) is 5.73. The second-order valence-corrected chi connectivity index (χ2v) is 8.57. The molecule has 3 aromatic carbocycles. The molecule has 0 saturated carbocycles. The SMILES string of the molecule is O=C(Cc1ccc2c(c1)OCO2)N/N=C/c1ccc(OCc2ccc(Cl)cc2Cl)c(Br)c1. The van der Waals surface area contributed by atoms with E-state index in [1.165, 1.54) is 0 Å². The van der Waals surface area contributed by atoms with E-state index in [-0.39, 0.29) is 19.1 Å². The third-order valence-electron chi connectivity index (χ3n) is 4.56. The van der Waals surface area contributed by atoms with Gasteiger partial charge >= 0.3 is 0 Å². The molecule has 1 aliphatic heterocycles. The van der Waals surface area contributed by atoms with Crippen molar-refractivity contribution in [1.29, 1.82) is 0 Å². The molecule has 0 atom stereocenters. The zero-order valence-corrected chi connectivity index (χ0v) is 19.7. The first-order chi connectivity index (χ1) is 15.5. The average Bonchev–Trinajstić information content (AvgIpc) is 3.22. The van der Waals surface area contributed by atoms with Crippen LogP contribution >= 0.6 is 39.1 Å². The van der Waals surface area contributed by atoms with Gasteiger partial charge in [0.15, 0.2) is 11.5 Å². The van der Waals surface area contributed by atoms with E-state index in [4.69, 9.17) is 37.4 Å². The van der Waals surface area contributed by atoms with Crippen molar-refractivity contribution in [2.75, 3.05) is 6.79 Å². The van der Waals surface area contributed by atoms with Gasteiger partial charge < -0.3 is 14.2 Å². The molecular weight excluding hydrogens is 519 g/mol. The number of nitrogens with zero attached hydrogens (tertiary/aromatic N) is 1. The van der Waals surface area contributed by atoms with E-state index >= 15 is 0 Å². The Labute approximate surface area is 203 Å². The van der Waals surface area contributed by atoms with Crippen LogP contribution in [0.3, 0.4) is 0 Å². The van der Waals surface area contributed by atoms with Crippen LogP contribution in [0, 0.1) is 0 Å². The highest BCUT2D eigenvalue weighted by Crippen LogP contribution is 2.32. The van der Waals surface area contributed by atoms with Gasteiger partial charge in [-0.3, -0.25) is 4.79 Å². The van der Waals surface area contributed by atoms with Gasteiger partial charge in [-0.2, -0.15) is 5.10 Å². The number of ether oxygens (including phenoxy) is 3. The van der Waals surface area contributed by atoms with Crippen LogP contribution < -0.4 is 19.6 Å². The highest BCUT2D eigenvalue weighted by atomic mass is 79.9. The number of carbonyl (C=O) groups excluding carboxylic acids is 1. The summed E-state index contributed by atoms with van der Waals surface area (Å²) in [5.74, 6) is 1.74. The summed E-state index contributed by atoms with van der Waals surface area (Å²) in [6.45, 7) is 0.501. The molecule has 1 heterocycles. The highest BCUT2D eigenvalue weighted by Gasteiger charge is 2.14. The molecule has 164 valence electrons. The predicted molar refractivity (Wildman–Crippen MR) is 127 cm³/mol. The molecule has 0 aliphatic carbocycles. The number of carbonyl (C=O) groups is 1. The minimum atomic E-state index is -0.237. The molecule has 3 aromatic rings. The second kappa shape index (κ2) is 10.3. The van der Waals surface area contributed by atoms with Gasteiger partial charge in [0.1, 0.15) is 12.4 Å². The van der Waals surface area contributed by atoms with E-state index in [9.17, 15) is 4.79 Å². The fourth-order valence-corrected chi connectivity index (χ4v) is 3.94.